The van der Waals surface area contributed by atoms with E-state index in [2.05, 4.69) is 78.7 Å². The van der Waals surface area contributed by atoms with Crippen LogP contribution in [0.5, 0.6) is 0 Å². The summed E-state index contributed by atoms with van der Waals surface area (Å²) in [6.45, 7) is 7.11. The van der Waals surface area contributed by atoms with Gasteiger partial charge in [-0.05, 0) is 23.5 Å². The molecule has 1 aromatic heterocycles. The number of fused-ring (bicyclic) bond motifs is 1. The Morgan fingerprint density at radius 3 is 2.48 bits per heavy atom. The third-order valence-electron chi connectivity index (χ3n) is 4.89. The molecule has 0 saturated carbocycles. The zero-order valence-electron chi connectivity index (χ0n) is 16.0. The molecule has 138 valence electrons. The summed E-state index contributed by atoms with van der Waals surface area (Å²) in [5.41, 5.74) is 4.89. The first kappa shape index (κ1) is 17.5. The molecule has 0 bridgehead atoms. The molecule has 0 unspecified atom stereocenters. The van der Waals surface area contributed by atoms with Crippen LogP contribution >= 0.6 is 0 Å². The van der Waals surface area contributed by atoms with Gasteiger partial charge in [-0.2, -0.15) is 4.98 Å². The number of nitrogens with zero attached hydrogens (tertiary/aromatic N) is 3. The maximum absolute atomic E-state index is 4.90. The minimum absolute atomic E-state index is 0.561. The van der Waals surface area contributed by atoms with Gasteiger partial charge in [0.15, 0.2) is 0 Å². The van der Waals surface area contributed by atoms with Crippen LogP contribution in [0.2, 0.25) is 0 Å². The van der Waals surface area contributed by atoms with E-state index in [1.54, 1.807) is 0 Å². The lowest BCUT2D eigenvalue weighted by molar-refractivity contribution is 0.683. The van der Waals surface area contributed by atoms with E-state index in [0.29, 0.717) is 5.92 Å². The van der Waals surface area contributed by atoms with Crippen molar-refractivity contribution in [2.45, 2.75) is 26.8 Å². The van der Waals surface area contributed by atoms with Crippen molar-refractivity contribution < 1.29 is 0 Å². The fourth-order valence-electron chi connectivity index (χ4n) is 3.40. The minimum Gasteiger partial charge on any atom is -0.370 e. The first-order valence-corrected chi connectivity index (χ1v) is 9.69. The van der Waals surface area contributed by atoms with E-state index in [-0.39, 0.29) is 0 Å². The Hall–Kier alpha value is -2.88. The average molecular weight is 358 g/mol. The third kappa shape index (κ3) is 4.11. The van der Waals surface area contributed by atoms with E-state index in [1.165, 1.54) is 11.1 Å². The van der Waals surface area contributed by atoms with Gasteiger partial charge in [-0.15, -0.1) is 0 Å². The van der Waals surface area contributed by atoms with Gasteiger partial charge in [-0.25, -0.2) is 4.98 Å². The molecule has 4 heteroatoms. The van der Waals surface area contributed by atoms with E-state index in [4.69, 9.17) is 9.97 Å². The molecule has 0 atom stereocenters. The van der Waals surface area contributed by atoms with Crippen molar-refractivity contribution in [3.63, 3.8) is 0 Å². The summed E-state index contributed by atoms with van der Waals surface area (Å²) < 4.78 is 0. The lowest BCUT2D eigenvalue weighted by Gasteiger charge is -2.29. The maximum atomic E-state index is 4.90. The Kier molecular flexibility index (Phi) is 5.05. The molecule has 0 aliphatic carbocycles. The third-order valence-corrected chi connectivity index (χ3v) is 4.89. The van der Waals surface area contributed by atoms with Crippen molar-refractivity contribution in [1.29, 1.82) is 0 Å². The van der Waals surface area contributed by atoms with Crippen LogP contribution in [-0.2, 0) is 13.0 Å². The number of nitrogens with one attached hydrogen (secondary N) is 1. The SMILES string of the molecule is CC(C)CNc1cc(-c2ccccc2)nc(N2CCc3ccccc3C2)n1. The van der Waals surface area contributed by atoms with E-state index in [9.17, 15) is 0 Å². The number of aromatic nitrogens is 2. The molecule has 4 nitrogen and oxygen atoms in total. The standard InChI is InChI=1S/C23H26N4/c1-17(2)15-24-22-14-21(19-9-4-3-5-10-19)25-23(26-22)27-13-12-18-8-6-7-11-20(18)16-27/h3-11,14,17H,12-13,15-16H2,1-2H3,(H,24,25,26). The van der Waals surface area contributed by atoms with Gasteiger partial charge >= 0.3 is 0 Å². The van der Waals surface area contributed by atoms with E-state index in [0.717, 1.165) is 49.1 Å². The van der Waals surface area contributed by atoms with Crippen LogP contribution in [0.25, 0.3) is 11.3 Å². The Balaban J connectivity index is 1.68. The van der Waals surface area contributed by atoms with Gasteiger partial charge in [-0.3, -0.25) is 0 Å². The van der Waals surface area contributed by atoms with Crippen molar-refractivity contribution >= 4 is 11.8 Å². The summed E-state index contributed by atoms with van der Waals surface area (Å²) in [7, 11) is 0. The molecule has 1 aliphatic rings. The first-order chi connectivity index (χ1) is 13.2. The van der Waals surface area contributed by atoms with Crippen molar-refractivity contribution in [2.24, 2.45) is 5.92 Å². The van der Waals surface area contributed by atoms with Crippen molar-refractivity contribution in [2.75, 3.05) is 23.3 Å². The van der Waals surface area contributed by atoms with Crippen molar-refractivity contribution in [3.8, 4) is 11.3 Å². The summed E-state index contributed by atoms with van der Waals surface area (Å²) in [6, 6.07) is 21.1. The van der Waals surface area contributed by atoms with Gasteiger partial charge in [0.2, 0.25) is 5.95 Å². The normalized spacial score (nSPS) is 13.5. The Labute approximate surface area is 161 Å². The van der Waals surface area contributed by atoms with Gasteiger partial charge < -0.3 is 10.2 Å². The fraction of sp³-hybridized carbons (Fsp3) is 0.304. The minimum atomic E-state index is 0.561. The summed E-state index contributed by atoms with van der Waals surface area (Å²) in [6.07, 6.45) is 1.03. The first-order valence-electron chi connectivity index (χ1n) is 9.69. The molecular weight excluding hydrogens is 332 g/mol. The predicted molar refractivity (Wildman–Crippen MR) is 112 cm³/mol. The molecule has 0 fully saturated rings. The summed E-state index contributed by atoms with van der Waals surface area (Å²) in [5.74, 6) is 2.26. The van der Waals surface area contributed by atoms with E-state index in [1.807, 2.05) is 6.07 Å². The molecule has 27 heavy (non-hydrogen) atoms. The smallest absolute Gasteiger partial charge is 0.228 e. The number of rotatable bonds is 5. The predicted octanol–water partition coefficient (Wildman–Crippen LogP) is 4.77. The van der Waals surface area contributed by atoms with Gasteiger partial charge in [-0.1, -0.05) is 68.4 Å². The fourth-order valence-corrected chi connectivity index (χ4v) is 3.40. The monoisotopic (exact) mass is 358 g/mol. The number of hydrogen-bond donors (Lipinski definition) is 1. The Bertz CT molecular complexity index is 905. The highest BCUT2D eigenvalue weighted by molar-refractivity contribution is 5.64. The number of anilines is 2. The lowest BCUT2D eigenvalue weighted by Crippen LogP contribution is -2.32. The molecule has 0 spiro atoms. The molecule has 1 aliphatic heterocycles. The molecule has 1 N–H and O–H groups in total. The van der Waals surface area contributed by atoms with Crippen LogP contribution in [0.15, 0.2) is 60.7 Å². The lowest BCUT2D eigenvalue weighted by atomic mass is 10.0. The van der Waals surface area contributed by atoms with Crippen molar-refractivity contribution in [1.82, 2.24) is 9.97 Å². The Morgan fingerprint density at radius 1 is 0.963 bits per heavy atom. The summed E-state index contributed by atoms with van der Waals surface area (Å²) in [5, 5.41) is 3.48. The second-order valence-corrected chi connectivity index (χ2v) is 7.52. The highest BCUT2D eigenvalue weighted by Crippen LogP contribution is 2.26. The van der Waals surface area contributed by atoms with Crippen molar-refractivity contribution in [3.05, 3.63) is 71.8 Å². The van der Waals surface area contributed by atoms with E-state index >= 15 is 0 Å². The second kappa shape index (κ2) is 7.78. The van der Waals surface area contributed by atoms with Crippen LogP contribution in [0.4, 0.5) is 11.8 Å². The molecule has 0 radical (unpaired) electrons. The summed E-state index contributed by atoms with van der Waals surface area (Å²) >= 11 is 0. The largest absolute Gasteiger partial charge is 0.370 e. The molecule has 4 rings (SSSR count). The van der Waals surface area contributed by atoms with E-state index < -0.39 is 0 Å². The van der Waals surface area contributed by atoms with Gasteiger partial charge in [0.05, 0.1) is 5.69 Å². The maximum Gasteiger partial charge on any atom is 0.228 e. The van der Waals surface area contributed by atoms with Crippen LogP contribution in [0, 0.1) is 5.92 Å². The van der Waals surface area contributed by atoms with Gasteiger partial charge in [0.1, 0.15) is 5.82 Å². The zero-order chi connectivity index (χ0) is 18.6. The Morgan fingerprint density at radius 2 is 1.70 bits per heavy atom. The van der Waals surface area contributed by atoms with Crippen LogP contribution in [0.1, 0.15) is 25.0 Å². The molecule has 3 aromatic rings. The number of hydrogen-bond acceptors (Lipinski definition) is 4. The average Bonchev–Trinajstić information content (AvgIpc) is 2.72. The second-order valence-electron chi connectivity index (χ2n) is 7.52. The molecule has 0 saturated heterocycles. The quantitative estimate of drug-likeness (QED) is 0.713. The molecule has 2 aromatic carbocycles. The van der Waals surface area contributed by atoms with Crippen LogP contribution in [0.3, 0.4) is 0 Å². The van der Waals surface area contributed by atoms with Crippen LogP contribution < -0.4 is 10.2 Å². The molecule has 0 amide bonds. The number of benzene rings is 2. The molecule has 2 heterocycles. The summed E-state index contributed by atoms with van der Waals surface area (Å²) in [4.78, 5) is 12.0. The highest BCUT2D eigenvalue weighted by atomic mass is 15.3. The zero-order valence-corrected chi connectivity index (χ0v) is 16.0. The van der Waals surface area contributed by atoms with Gasteiger partial charge in [0, 0.05) is 31.3 Å². The van der Waals surface area contributed by atoms with Crippen LogP contribution in [-0.4, -0.2) is 23.1 Å². The topological polar surface area (TPSA) is 41.1 Å². The van der Waals surface area contributed by atoms with Gasteiger partial charge in [0.25, 0.3) is 0 Å². The molecular formula is C23H26N4. The highest BCUT2D eigenvalue weighted by Gasteiger charge is 2.19.